The highest BCUT2D eigenvalue weighted by molar-refractivity contribution is 5.87. The molecule has 3 aromatic rings. The van der Waals surface area contributed by atoms with E-state index in [1.807, 2.05) is 18.3 Å². The summed E-state index contributed by atoms with van der Waals surface area (Å²) in [7, 11) is 0. The van der Waals surface area contributed by atoms with Crippen LogP contribution in [0.25, 0.3) is 11.1 Å². The van der Waals surface area contributed by atoms with E-state index in [2.05, 4.69) is 74.5 Å². The zero-order valence-corrected chi connectivity index (χ0v) is 18.7. The van der Waals surface area contributed by atoms with Gasteiger partial charge in [0.25, 0.3) is 0 Å². The summed E-state index contributed by atoms with van der Waals surface area (Å²) in [6.45, 7) is 5.20. The Bertz CT molecular complexity index is 1020. The summed E-state index contributed by atoms with van der Waals surface area (Å²) in [5, 5.41) is 11.3. The average molecular weight is 412 g/mol. The number of aliphatic imine (C=N–C) groups is 1. The molecule has 1 saturated carbocycles. The summed E-state index contributed by atoms with van der Waals surface area (Å²) in [5.74, 6) is 1.02. The quantitative estimate of drug-likeness (QED) is 0.422. The monoisotopic (exact) mass is 411 g/mol. The van der Waals surface area contributed by atoms with Gasteiger partial charge in [0.15, 0.2) is 0 Å². The molecule has 3 aromatic carbocycles. The van der Waals surface area contributed by atoms with E-state index in [-0.39, 0.29) is 5.41 Å². The Morgan fingerprint density at radius 1 is 0.871 bits per heavy atom. The van der Waals surface area contributed by atoms with Crippen LogP contribution in [0.2, 0.25) is 0 Å². The summed E-state index contributed by atoms with van der Waals surface area (Å²) in [4.78, 5) is 4.77. The second-order valence-electron chi connectivity index (χ2n) is 9.32. The van der Waals surface area contributed by atoms with Crippen molar-refractivity contribution in [2.75, 3.05) is 6.54 Å². The van der Waals surface area contributed by atoms with Gasteiger partial charge < -0.3 is 5.11 Å². The van der Waals surface area contributed by atoms with Crippen molar-refractivity contribution < 1.29 is 5.11 Å². The van der Waals surface area contributed by atoms with Gasteiger partial charge in [-0.15, -0.1) is 0 Å². The smallest absolute Gasteiger partial charge is 0.128 e. The van der Waals surface area contributed by atoms with E-state index in [0.717, 1.165) is 28.8 Å². The molecule has 2 heteroatoms. The van der Waals surface area contributed by atoms with Crippen LogP contribution < -0.4 is 0 Å². The first kappa shape index (κ1) is 21.4. The van der Waals surface area contributed by atoms with E-state index in [4.69, 9.17) is 4.99 Å². The maximum atomic E-state index is 11.3. The van der Waals surface area contributed by atoms with Gasteiger partial charge >= 0.3 is 0 Å². The number of hydrogen-bond donors (Lipinski definition) is 1. The third-order valence-corrected chi connectivity index (χ3v) is 6.73. The van der Waals surface area contributed by atoms with Crippen molar-refractivity contribution in [2.45, 2.75) is 51.4 Å². The van der Waals surface area contributed by atoms with Crippen LogP contribution in [0.4, 0.5) is 0 Å². The minimum absolute atomic E-state index is 0.331. The topological polar surface area (TPSA) is 32.6 Å². The van der Waals surface area contributed by atoms with E-state index in [1.165, 1.54) is 37.7 Å². The molecule has 4 rings (SSSR count). The number of phenolic OH excluding ortho intramolecular Hbond substituents is 1. The van der Waals surface area contributed by atoms with Gasteiger partial charge in [0.05, 0.1) is 0 Å². The standard InChI is InChI=1S/C29H33NO/c1-29(2,26-16-10-5-11-17-26)27-19-24(23-14-8-4-9-15-23)18-25(28(27)31)21-30-20-22-12-6-3-7-13-22/h4-5,8-11,14-19,21-22,31H,3,6-7,12-13,20H2,1-2H3. The number of nitrogens with zero attached hydrogens (tertiary/aromatic N) is 1. The highest BCUT2D eigenvalue weighted by Crippen LogP contribution is 2.40. The maximum Gasteiger partial charge on any atom is 0.128 e. The van der Waals surface area contributed by atoms with E-state index in [9.17, 15) is 5.11 Å². The lowest BCUT2D eigenvalue weighted by Crippen LogP contribution is -2.19. The Hall–Kier alpha value is -2.87. The number of benzene rings is 3. The van der Waals surface area contributed by atoms with Gasteiger partial charge in [-0.05, 0) is 47.6 Å². The average Bonchev–Trinajstić information content (AvgIpc) is 2.82. The van der Waals surface area contributed by atoms with E-state index < -0.39 is 0 Å². The number of hydrogen-bond acceptors (Lipinski definition) is 2. The van der Waals surface area contributed by atoms with Crippen molar-refractivity contribution in [3.63, 3.8) is 0 Å². The van der Waals surface area contributed by atoms with Gasteiger partial charge in [0, 0.05) is 29.3 Å². The third kappa shape index (κ3) is 4.90. The van der Waals surface area contributed by atoms with Gasteiger partial charge in [-0.1, -0.05) is 93.8 Å². The molecule has 2 nitrogen and oxygen atoms in total. The highest BCUT2D eigenvalue weighted by Gasteiger charge is 2.28. The fourth-order valence-electron chi connectivity index (χ4n) is 4.71. The van der Waals surface area contributed by atoms with E-state index in [0.29, 0.717) is 11.7 Å². The Morgan fingerprint density at radius 3 is 2.19 bits per heavy atom. The fourth-order valence-corrected chi connectivity index (χ4v) is 4.71. The van der Waals surface area contributed by atoms with Crippen LogP contribution >= 0.6 is 0 Å². The van der Waals surface area contributed by atoms with Gasteiger partial charge in [0.2, 0.25) is 0 Å². The lowest BCUT2D eigenvalue weighted by Gasteiger charge is -2.28. The SMILES string of the molecule is CC(C)(c1ccccc1)c1cc(-c2ccccc2)cc(C=NCC2CCCCC2)c1O. The van der Waals surface area contributed by atoms with Gasteiger partial charge in [0.1, 0.15) is 5.75 Å². The van der Waals surface area contributed by atoms with E-state index >= 15 is 0 Å². The summed E-state index contributed by atoms with van der Waals surface area (Å²) in [5.41, 5.74) is 4.84. The van der Waals surface area contributed by atoms with Crippen LogP contribution in [0.1, 0.15) is 62.6 Å². The molecule has 0 amide bonds. The molecule has 160 valence electrons. The molecule has 31 heavy (non-hydrogen) atoms. The first-order valence-corrected chi connectivity index (χ1v) is 11.5. The second kappa shape index (κ2) is 9.51. The highest BCUT2D eigenvalue weighted by atomic mass is 16.3. The van der Waals surface area contributed by atoms with Crippen molar-refractivity contribution in [1.82, 2.24) is 0 Å². The lowest BCUT2D eigenvalue weighted by molar-refractivity contribution is 0.367. The molecule has 0 saturated heterocycles. The van der Waals surface area contributed by atoms with Crippen LogP contribution in [0.3, 0.4) is 0 Å². The normalized spacial score (nSPS) is 15.4. The minimum Gasteiger partial charge on any atom is -0.507 e. The second-order valence-corrected chi connectivity index (χ2v) is 9.32. The van der Waals surface area contributed by atoms with Crippen LogP contribution in [0.5, 0.6) is 5.75 Å². The van der Waals surface area contributed by atoms with Crippen molar-refractivity contribution >= 4 is 6.21 Å². The Balaban J connectivity index is 1.74. The van der Waals surface area contributed by atoms with Gasteiger partial charge in [-0.25, -0.2) is 0 Å². The summed E-state index contributed by atoms with van der Waals surface area (Å²) >= 11 is 0. The molecule has 1 N–H and O–H groups in total. The summed E-state index contributed by atoms with van der Waals surface area (Å²) < 4.78 is 0. The van der Waals surface area contributed by atoms with Crippen LogP contribution in [-0.2, 0) is 5.41 Å². The number of phenols is 1. The van der Waals surface area contributed by atoms with Gasteiger partial charge in [-0.2, -0.15) is 0 Å². The maximum absolute atomic E-state index is 11.3. The van der Waals surface area contributed by atoms with Gasteiger partial charge in [-0.3, -0.25) is 4.99 Å². The summed E-state index contributed by atoms with van der Waals surface area (Å²) in [6.07, 6.45) is 8.45. The Labute approximate surface area is 186 Å². The number of rotatable bonds is 6. The Morgan fingerprint density at radius 2 is 1.52 bits per heavy atom. The van der Waals surface area contributed by atoms with Crippen molar-refractivity contribution in [1.29, 1.82) is 0 Å². The molecule has 0 unspecified atom stereocenters. The third-order valence-electron chi connectivity index (χ3n) is 6.73. The predicted octanol–water partition coefficient (Wildman–Crippen LogP) is 7.38. The van der Waals surface area contributed by atoms with Crippen LogP contribution in [0.15, 0.2) is 77.8 Å². The predicted molar refractivity (Wildman–Crippen MR) is 131 cm³/mol. The first-order valence-electron chi connectivity index (χ1n) is 11.5. The Kier molecular flexibility index (Phi) is 6.56. The molecule has 0 heterocycles. The first-order chi connectivity index (χ1) is 15.1. The largest absolute Gasteiger partial charge is 0.507 e. The zero-order chi connectivity index (χ0) is 21.7. The minimum atomic E-state index is -0.331. The number of aromatic hydroxyl groups is 1. The zero-order valence-electron chi connectivity index (χ0n) is 18.7. The lowest BCUT2D eigenvalue weighted by atomic mass is 9.76. The van der Waals surface area contributed by atoms with Crippen molar-refractivity contribution in [3.8, 4) is 16.9 Å². The van der Waals surface area contributed by atoms with Crippen LogP contribution in [-0.4, -0.2) is 17.9 Å². The van der Waals surface area contributed by atoms with E-state index in [1.54, 1.807) is 0 Å². The molecular formula is C29H33NO. The molecule has 0 radical (unpaired) electrons. The molecule has 1 fully saturated rings. The molecule has 1 aliphatic rings. The molecular weight excluding hydrogens is 378 g/mol. The molecule has 0 bridgehead atoms. The molecule has 1 aliphatic carbocycles. The van der Waals surface area contributed by atoms with Crippen molar-refractivity contribution in [2.24, 2.45) is 10.9 Å². The molecule has 0 aromatic heterocycles. The molecule has 0 aliphatic heterocycles. The summed E-state index contributed by atoms with van der Waals surface area (Å²) in [6, 6.07) is 25.0. The molecule has 0 atom stereocenters. The van der Waals surface area contributed by atoms with Crippen molar-refractivity contribution in [3.05, 3.63) is 89.5 Å². The molecule has 0 spiro atoms. The van der Waals surface area contributed by atoms with Crippen LogP contribution in [0, 0.1) is 5.92 Å². The fraction of sp³-hybridized carbons (Fsp3) is 0.345.